The van der Waals surface area contributed by atoms with E-state index in [4.69, 9.17) is 11.6 Å². The summed E-state index contributed by atoms with van der Waals surface area (Å²) in [6.07, 6.45) is 1.26. The first-order chi connectivity index (χ1) is 8.65. The summed E-state index contributed by atoms with van der Waals surface area (Å²) < 4.78 is 0. The van der Waals surface area contributed by atoms with Gasteiger partial charge < -0.3 is 10.6 Å². The molecule has 1 aliphatic heterocycles. The Morgan fingerprint density at radius 3 is 2.42 bits per heavy atom. The molecular weight excluding hydrogens is 285 g/mol. The number of hydrogen-bond donors (Lipinski definition) is 2. The Kier molecular flexibility index (Phi) is 5.61. The molecule has 0 spiro atoms. The number of nitriles is 1. The molecule has 4 nitrogen and oxygen atoms in total. The largest absolute Gasteiger partial charge is 0.334 e. The van der Waals surface area contributed by atoms with Gasteiger partial charge in [0.25, 0.3) is 5.91 Å². The number of amides is 1. The van der Waals surface area contributed by atoms with Crippen molar-refractivity contribution in [3.8, 4) is 6.07 Å². The van der Waals surface area contributed by atoms with Gasteiger partial charge in [0.2, 0.25) is 0 Å². The average molecular weight is 300 g/mol. The van der Waals surface area contributed by atoms with Gasteiger partial charge in [0.15, 0.2) is 0 Å². The fraction of sp³-hybridized carbons (Fsp3) is 0.385. The summed E-state index contributed by atoms with van der Waals surface area (Å²) in [4.78, 5) is 12.1. The molecule has 1 aromatic carbocycles. The number of hydrogen-bond acceptors (Lipinski definition) is 3. The summed E-state index contributed by atoms with van der Waals surface area (Å²) in [7, 11) is 0. The second kappa shape index (κ2) is 6.76. The van der Waals surface area contributed by atoms with Crippen molar-refractivity contribution in [1.29, 1.82) is 5.26 Å². The molecule has 0 atom stereocenters. The maximum Gasteiger partial charge on any atom is 0.252 e. The zero-order chi connectivity index (χ0) is 13.0. The van der Waals surface area contributed by atoms with Crippen LogP contribution in [0, 0.1) is 11.3 Å². The minimum absolute atomic E-state index is 0. The van der Waals surface area contributed by atoms with Gasteiger partial charge in [0, 0.05) is 10.6 Å². The number of rotatable bonds is 2. The lowest BCUT2D eigenvalue weighted by Gasteiger charge is -2.32. The van der Waals surface area contributed by atoms with Crippen molar-refractivity contribution in [2.75, 3.05) is 13.1 Å². The number of halogens is 2. The maximum atomic E-state index is 12.1. The lowest BCUT2D eigenvalue weighted by Crippen LogP contribution is -2.53. The molecule has 1 fully saturated rings. The first kappa shape index (κ1) is 15.8. The highest BCUT2D eigenvalue weighted by atomic mass is 35.5. The van der Waals surface area contributed by atoms with E-state index >= 15 is 0 Å². The van der Waals surface area contributed by atoms with Crippen molar-refractivity contribution in [1.82, 2.24) is 10.6 Å². The van der Waals surface area contributed by atoms with Crippen LogP contribution in [0.3, 0.4) is 0 Å². The first-order valence-corrected chi connectivity index (χ1v) is 6.23. The molecule has 1 aromatic rings. The third-order valence-electron chi connectivity index (χ3n) is 3.13. The van der Waals surface area contributed by atoms with Crippen LogP contribution in [0.4, 0.5) is 0 Å². The van der Waals surface area contributed by atoms with E-state index in [1.54, 1.807) is 24.3 Å². The van der Waals surface area contributed by atoms with Crippen LogP contribution in [0.25, 0.3) is 0 Å². The topological polar surface area (TPSA) is 64.9 Å². The number of carbonyl (C=O) groups excluding carboxylic acids is 1. The average Bonchev–Trinajstić information content (AvgIpc) is 2.40. The molecule has 1 heterocycles. The van der Waals surface area contributed by atoms with Crippen LogP contribution in [0.15, 0.2) is 24.3 Å². The molecule has 0 unspecified atom stereocenters. The van der Waals surface area contributed by atoms with Crippen molar-refractivity contribution in [2.45, 2.75) is 18.4 Å². The lowest BCUT2D eigenvalue weighted by molar-refractivity contribution is 0.0906. The van der Waals surface area contributed by atoms with Gasteiger partial charge in [-0.25, -0.2) is 0 Å². The summed E-state index contributed by atoms with van der Waals surface area (Å²) in [6, 6.07) is 8.87. The minimum atomic E-state index is -0.748. The highest BCUT2D eigenvalue weighted by molar-refractivity contribution is 6.30. The standard InChI is InChI=1S/C13H14ClN3O.ClH/c14-11-3-1-10(2-4-11)12(18)17-13(9-15)5-7-16-8-6-13;/h1-4,16H,5-8H2,(H,17,18);1H. The summed E-state index contributed by atoms with van der Waals surface area (Å²) in [6.45, 7) is 1.49. The molecule has 0 bridgehead atoms. The van der Waals surface area contributed by atoms with Crippen LogP contribution >= 0.6 is 24.0 Å². The van der Waals surface area contributed by atoms with E-state index in [0.29, 0.717) is 23.4 Å². The monoisotopic (exact) mass is 299 g/mol. The number of benzene rings is 1. The normalized spacial score (nSPS) is 16.8. The van der Waals surface area contributed by atoms with Gasteiger partial charge in [0.05, 0.1) is 6.07 Å². The fourth-order valence-corrected chi connectivity index (χ4v) is 2.14. The van der Waals surface area contributed by atoms with Gasteiger partial charge in [-0.2, -0.15) is 5.26 Å². The zero-order valence-corrected chi connectivity index (χ0v) is 11.9. The van der Waals surface area contributed by atoms with Gasteiger partial charge >= 0.3 is 0 Å². The smallest absolute Gasteiger partial charge is 0.252 e. The van der Waals surface area contributed by atoms with Crippen LogP contribution in [-0.2, 0) is 0 Å². The van der Waals surface area contributed by atoms with Crippen molar-refractivity contribution in [3.63, 3.8) is 0 Å². The molecule has 102 valence electrons. The van der Waals surface area contributed by atoms with Gasteiger partial charge in [-0.15, -0.1) is 12.4 Å². The second-order valence-electron chi connectivity index (χ2n) is 4.40. The van der Waals surface area contributed by atoms with Crippen molar-refractivity contribution < 1.29 is 4.79 Å². The highest BCUT2D eigenvalue weighted by Gasteiger charge is 2.33. The Morgan fingerprint density at radius 2 is 1.89 bits per heavy atom. The Hall–Kier alpha value is -1.28. The van der Waals surface area contributed by atoms with E-state index in [2.05, 4.69) is 16.7 Å². The second-order valence-corrected chi connectivity index (χ2v) is 4.84. The van der Waals surface area contributed by atoms with E-state index in [9.17, 15) is 10.1 Å². The summed E-state index contributed by atoms with van der Waals surface area (Å²) in [5.41, 5.74) is -0.227. The summed E-state index contributed by atoms with van der Waals surface area (Å²) >= 11 is 5.77. The zero-order valence-electron chi connectivity index (χ0n) is 10.3. The lowest BCUT2D eigenvalue weighted by atomic mass is 9.89. The van der Waals surface area contributed by atoms with Crippen molar-refractivity contribution in [2.24, 2.45) is 0 Å². The third-order valence-corrected chi connectivity index (χ3v) is 3.38. The number of carbonyl (C=O) groups is 1. The first-order valence-electron chi connectivity index (χ1n) is 5.85. The molecule has 2 N–H and O–H groups in total. The predicted molar refractivity (Wildman–Crippen MR) is 76.6 cm³/mol. The van der Waals surface area contributed by atoms with Crippen molar-refractivity contribution in [3.05, 3.63) is 34.9 Å². The molecule has 0 saturated carbocycles. The number of nitrogens with zero attached hydrogens (tertiary/aromatic N) is 1. The fourth-order valence-electron chi connectivity index (χ4n) is 2.01. The molecular formula is C13H15Cl2N3O. The van der Waals surface area contributed by atoms with Gasteiger partial charge in [-0.1, -0.05) is 11.6 Å². The van der Waals surface area contributed by atoms with E-state index in [1.165, 1.54) is 0 Å². The third kappa shape index (κ3) is 3.84. The molecule has 2 rings (SSSR count). The van der Waals surface area contributed by atoms with Gasteiger partial charge in [0.1, 0.15) is 5.54 Å². The molecule has 0 aromatic heterocycles. The van der Waals surface area contributed by atoms with Gasteiger partial charge in [-0.05, 0) is 50.2 Å². The van der Waals surface area contributed by atoms with Crippen LogP contribution in [0.1, 0.15) is 23.2 Å². The van der Waals surface area contributed by atoms with Crippen molar-refractivity contribution >= 4 is 29.9 Å². The van der Waals surface area contributed by atoms with Crippen LogP contribution in [0.2, 0.25) is 5.02 Å². The quantitative estimate of drug-likeness (QED) is 0.879. The van der Waals surface area contributed by atoms with E-state index < -0.39 is 5.54 Å². The Balaban J connectivity index is 0.00000180. The number of piperidine rings is 1. The SMILES string of the molecule is Cl.N#CC1(NC(=O)c2ccc(Cl)cc2)CCNCC1. The summed E-state index contributed by atoms with van der Waals surface area (Å²) in [5, 5.41) is 15.9. The van der Waals surface area contributed by atoms with Crippen LogP contribution in [0.5, 0.6) is 0 Å². The molecule has 0 radical (unpaired) electrons. The predicted octanol–water partition coefficient (Wildman–Crippen LogP) is 2.14. The highest BCUT2D eigenvalue weighted by Crippen LogP contribution is 2.18. The Bertz CT molecular complexity index is 476. The van der Waals surface area contributed by atoms with Gasteiger partial charge in [-0.3, -0.25) is 4.79 Å². The van der Waals surface area contributed by atoms with Crippen LogP contribution < -0.4 is 10.6 Å². The summed E-state index contributed by atoms with van der Waals surface area (Å²) in [5.74, 6) is -0.227. The molecule has 0 aliphatic carbocycles. The molecule has 6 heteroatoms. The molecule has 1 amide bonds. The number of nitrogens with one attached hydrogen (secondary N) is 2. The molecule has 19 heavy (non-hydrogen) atoms. The Labute approximate surface area is 123 Å². The van der Waals surface area contributed by atoms with Crippen LogP contribution in [-0.4, -0.2) is 24.5 Å². The van der Waals surface area contributed by atoms with E-state index in [0.717, 1.165) is 13.1 Å². The molecule has 1 aliphatic rings. The minimum Gasteiger partial charge on any atom is -0.334 e. The maximum absolute atomic E-state index is 12.1. The van der Waals surface area contributed by atoms with E-state index in [-0.39, 0.29) is 18.3 Å². The van der Waals surface area contributed by atoms with E-state index in [1.807, 2.05) is 0 Å². The Morgan fingerprint density at radius 1 is 1.32 bits per heavy atom. The molecule has 1 saturated heterocycles.